The van der Waals surface area contributed by atoms with Crippen molar-refractivity contribution >= 4 is 23.2 Å². The maximum Gasteiger partial charge on any atom is 0.228 e. The topological polar surface area (TPSA) is 41.1 Å². The molecule has 3 nitrogen and oxygen atoms in total. The number of hydrogen-bond acceptors (Lipinski definition) is 2. The van der Waals surface area contributed by atoms with Crippen LogP contribution in [0.4, 0.5) is 5.69 Å². The van der Waals surface area contributed by atoms with Gasteiger partial charge in [-0.25, -0.2) is 0 Å². The number of carbonyl (C=O) groups is 1. The number of halogens is 1. The highest BCUT2D eigenvalue weighted by molar-refractivity contribution is 6.17. The number of fused-ring (bicyclic) bond motifs is 1. The smallest absolute Gasteiger partial charge is 0.228 e. The fourth-order valence-corrected chi connectivity index (χ4v) is 1.68. The van der Waals surface area contributed by atoms with Crippen LogP contribution in [-0.2, 0) is 17.8 Å². The average molecular weight is 211 g/mol. The SMILES string of the molecule is O=C1Cc2cc(CNCCl)ccc2N1. The Bertz CT molecular complexity index is 365. The van der Waals surface area contributed by atoms with Crippen LogP contribution < -0.4 is 10.6 Å². The van der Waals surface area contributed by atoms with Crippen LogP contribution in [0.5, 0.6) is 0 Å². The van der Waals surface area contributed by atoms with Crippen molar-refractivity contribution in [2.75, 3.05) is 11.3 Å². The molecule has 0 bridgehead atoms. The van der Waals surface area contributed by atoms with Gasteiger partial charge in [0.25, 0.3) is 0 Å². The molecule has 1 aliphatic rings. The van der Waals surface area contributed by atoms with Gasteiger partial charge in [-0.3, -0.25) is 10.1 Å². The molecule has 2 N–H and O–H groups in total. The molecule has 0 saturated heterocycles. The monoisotopic (exact) mass is 210 g/mol. The summed E-state index contributed by atoms with van der Waals surface area (Å²) < 4.78 is 0. The number of alkyl halides is 1. The summed E-state index contributed by atoms with van der Waals surface area (Å²) in [7, 11) is 0. The molecule has 0 aliphatic carbocycles. The molecule has 1 heterocycles. The van der Waals surface area contributed by atoms with Gasteiger partial charge < -0.3 is 5.32 Å². The molecule has 74 valence electrons. The summed E-state index contributed by atoms with van der Waals surface area (Å²) in [5.74, 6) is 0.0717. The third-order valence-corrected chi connectivity index (χ3v) is 2.41. The standard InChI is InChI=1S/C10H11ClN2O/c11-6-12-5-7-1-2-9-8(3-7)4-10(14)13-9/h1-3,12H,4-6H2,(H,13,14). The highest BCUT2D eigenvalue weighted by atomic mass is 35.5. The first-order chi connectivity index (χ1) is 6.79. The number of benzene rings is 1. The zero-order chi connectivity index (χ0) is 9.97. The van der Waals surface area contributed by atoms with Crippen molar-refractivity contribution in [1.29, 1.82) is 0 Å². The van der Waals surface area contributed by atoms with E-state index in [4.69, 9.17) is 11.6 Å². The lowest BCUT2D eigenvalue weighted by atomic mass is 10.1. The Morgan fingerprint density at radius 3 is 3.14 bits per heavy atom. The fraction of sp³-hybridized carbons (Fsp3) is 0.300. The van der Waals surface area contributed by atoms with E-state index in [9.17, 15) is 4.79 Å². The minimum absolute atomic E-state index is 0.0717. The first kappa shape index (κ1) is 9.49. The quantitative estimate of drug-likeness (QED) is 0.586. The van der Waals surface area contributed by atoms with Crippen molar-refractivity contribution in [3.8, 4) is 0 Å². The summed E-state index contributed by atoms with van der Waals surface area (Å²) in [6.45, 7) is 0.741. The van der Waals surface area contributed by atoms with Crippen molar-refractivity contribution in [3.05, 3.63) is 29.3 Å². The molecular formula is C10H11ClN2O. The van der Waals surface area contributed by atoms with Gasteiger partial charge in [-0.2, -0.15) is 0 Å². The zero-order valence-electron chi connectivity index (χ0n) is 7.64. The highest BCUT2D eigenvalue weighted by Gasteiger charge is 2.16. The lowest BCUT2D eigenvalue weighted by Gasteiger charge is -2.03. The molecule has 0 spiro atoms. The minimum Gasteiger partial charge on any atom is -0.326 e. The second kappa shape index (κ2) is 3.98. The molecule has 1 amide bonds. The Morgan fingerprint density at radius 2 is 2.36 bits per heavy atom. The summed E-state index contributed by atoms with van der Waals surface area (Å²) in [6, 6.07) is 6.40. The molecule has 0 aromatic heterocycles. The maximum absolute atomic E-state index is 11.1. The van der Waals surface area contributed by atoms with Gasteiger partial charge in [0.15, 0.2) is 0 Å². The third-order valence-electron chi connectivity index (χ3n) is 2.22. The number of amides is 1. The van der Waals surface area contributed by atoms with Gasteiger partial charge >= 0.3 is 0 Å². The molecule has 0 fully saturated rings. The Balaban J connectivity index is 2.16. The predicted octanol–water partition coefficient (Wildman–Crippen LogP) is 1.47. The Kier molecular flexibility index (Phi) is 2.70. The molecule has 1 aliphatic heterocycles. The molecule has 0 atom stereocenters. The van der Waals surface area contributed by atoms with Gasteiger partial charge in [0.05, 0.1) is 12.4 Å². The molecule has 14 heavy (non-hydrogen) atoms. The molecule has 0 saturated carbocycles. The van der Waals surface area contributed by atoms with E-state index in [2.05, 4.69) is 10.6 Å². The molecule has 0 unspecified atom stereocenters. The predicted molar refractivity (Wildman–Crippen MR) is 56.3 cm³/mol. The van der Waals surface area contributed by atoms with Crippen LogP contribution in [0, 0.1) is 0 Å². The first-order valence-electron chi connectivity index (χ1n) is 4.48. The van der Waals surface area contributed by atoms with Crippen LogP contribution >= 0.6 is 11.6 Å². The second-order valence-corrected chi connectivity index (χ2v) is 3.54. The lowest BCUT2D eigenvalue weighted by molar-refractivity contribution is -0.115. The van der Waals surface area contributed by atoms with E-state index in [1.807, 2.05) is 18.2 Å². The zero-order valence-corrected chi connectivity index (χ0v) is 8.40. The van der Waals surface area contributed by atoms with E-state index in [1.54, 1.807) is 0 Å². The number of anilines is 1. The average Bonchev–Trinajstić information content (AvgIpc) is 2.54. The number of hydrogen-bond donors (Lipinski definition) is 2. The van der Waals surface area contributed by atoms with Gasteiger partial charge in [0.2, 0.25) is 5.91 Å². The third kappa shape index (κ3) is 1.89. The lowest BCUT2D eigenvalue weighted by Crippen LogP contribution is -2.10. The van der Waals surface area contributed by atoms with Crippen LogP contribution in [-0.4, -0.2) is 11.9 Å². The van der Waals surface area contributed by atoms with Crippen molar-refractivity contribution < 1.29 is 4.79 Å². The van der Waals surface area contributed by atoms with Gasteiger partial charge in [0.1, 0.15) is 0 Å². The van der Waals surface area contributed by atoms with Gasteiger partial charge in [-0.1, -0.05) is 12.1 Å². The van der Waals surface area contributed by atoms with Crippen LogP contribution in [0.15, 0.2) is 18.2 Å². The summed E-state index contributed by atoms with van der Waals surface area (Å²) in [5, 5.41) is 5.82. The molecule has 4 heteroatoms. The normalized spacial score (nSPS) is 13.9. The molecule has 2 rings (SSSR count). The van der Waals surface area contributed by atoms with Gasteiger partial charge in [-0.05, 0) is 17.2 Å². The van der Waals surface area contributed by atoms with Crippen LogP contribution in [0.2, 0.25) is 0 Å². The van der Waals surface area contributed by atoms with E-state index in [0.29, 0.717) is 12.4 Å². The van der Waals surface area contributed by atoms with Crippen LogP contribution in [0.3, 0.4) is 0 Å². The largest absolute Gasteiger partial charge is 0.326 e. The maximum atomic E-state index is 11.1. The van der Waals surface area contributed by atoms with Gasteiger partial charge in [-0.15, -0.1) is 11.6 Å². The van der Waals surface area contributed by atoms with Crippen molar-refractivity contribution in [2.24, 2.45) is 0 Å². The summed E-state index contributed by atoms with van der Waals surface area (Å²) >= 11 is 5.51. The van der Waals surface area contributed by atoms with E-state index >= 15 is 0 Å². The molecule has 1 aromatic carbocycles. The molecule has 0 radical (unpaired) electrons. The summed E-state index contributed by atoms with van der Waals surface area (Å²) in [4.78, 5) is 11.1. The van der Waals surface area contributed by atoms with E-state index in [0.717, 1.165) is 23.4 Å². The minimum atomic E-state index is 0.0717. The number of carbonyl (C=O) groups excluding carboxylic acids is 1. The molecule has 1 aromatic rings. The van der Waals surface area contributed by atoms with E-state index < -0.39 is 0 Å². The van der Waals surface area contributed by atoms with E-state index in [1.165, 1.54) is 0 Å². The number of nitrogens with one attached hydrogen (secondary N) is 2. The van der Waals surface area contributed by atoms with Crippen LogP contribution in [0.25, 0.3) is 0 Å². The fourth-order valence-electron chi connectivity index (χ4n) is 1.58. The molecular weight excluding hydrogens is 200 g/mol. The Morgan fingerprint density at radius 1 is 1.50 bits per heavy atom. The Hall–Kier alpha value is -1.06. The van der Waals surface area contributed by atoms with E-state index in [-0.39, 0.29) is 5.91 Å². The second-order valence-electron chi connectivity index (χ2n) is 3.28. The summed E-state index contributed by atoms with van der Waals surface area (Å²) in [6.07, 6.45) is 0.490. The Labute approximate surface area is 87.4 Å². The van der Waals surface area contributed by atoms with Crippen molar-refractivity contribution in [3.63, 3.8) is 0 Å². The first-order valence-corrected chi connectivity index (χ1v) is 5.01. The highest BCUT2D eigenvalue weighted by Crippen LogP contribution is 2.23. The summed E-state index contributed by atoms with van der Waals surface area (Å²) in [5.41, 5.74) is 3.16. The van der Waals surface area contributed by atoms with Crippen molar-refractivity contribution in [2.45, 2.75) is 13.0 Å². The van der Waals surface area contributed by atoms with Crippen molar-refractivity contribution in [1.82, 2.24) is 5.32 Å². The van der Waals surface area contributed by atoms with Gasteiger partial charge in [0, 0.05) is 12.2 Å². The van der Waals surface area contributed by atoms with Crippen LogP contribution in [0.1, 0.15) is 11.1 Å². The number of rotatable bonds is 3.